The summed E-state index contributed by atoms with van der Waals surface area (Å²) < 4.78 is 10.1. The van der Waals surface area contributed by atoms with Gasteiger partial charge in [-0.1, -0.05) is 0 Å². The van der Waals surface area contributed by atoms with Gasteiger partial charge in [-0.15, -0.1) is 0 Å². The summed E-state index contributed by atoms with van der Waals surface area (Å²) in [5, 5.41) is 13.8. The molecule has 1 heterocycles. The molecule has 1 aromatic carbocycles. The topological polar surface area (TPSA) is 90.7 Å². The van der Waals surface area contributed by atoms with E-state index in [0.717, 1.165) is 12.8 Å². The van der Waals surface area contributed by atoms with Gasteiger partial charge in [0.15, 0.2) is 0 Å². The lowest BCUT2D eigenvalue weighted by Crippen LogP contribution is -2.39. The number of benzene rings is 1. The average molecular weight is 280 g/mol. The highest BCUT2D eigenvalue weighted by Gasteiger charge is 2.24. The minimum absolute atomic E-state index is 0.00189. The van der Waals surface area contributed by atoms with Gasteiger partial charge in [-0.05, 0) is 25.0 Å². The number of nitro groups is 1. The standard InChI is InChI=1S/C13H16N2O5/c1-19-10-2-3-11(12(8-10)15(17)18)13(16)14-9-4-6-20-7-5-9/h2-3,8-9H,4-7H2,1H3,(H,14,16). The third kappa shape index (κ3) is 3.24. The lowest BCUT2D eigenvalue weighted by molar-refractivity contribution is -0.385. The Bertz CT molecular complexity index is 511. The van der Waals surface area contributed by atoms with Crippen molar-refractivity contribution in [1.29, 1.82) is 0 Å². The van der Waals surface area contributed by atoms with Crippen LogP contribution in [0.3, 0.4) is 0 Å². The summed E-state index contributed by atoms with van der Waals surface area (Å²) in [6.45, 7) is 1.19. The van der Waals surface area contributed by atoms with Crippen LogP contribution in [-0.4, -0.2) is 37.2 Å². The maximum Gasteiger partial charge on any atom is 0.285 e. The molecule has 1 amide bonds. The van der Waals surface area contributed by atoms with E-state index in [1.807, 2.05) is 0 Å². The Labute approximate surface area is 116 Å². The van der Waals surface area contributed by atoms with Crippen molar-refractivity contribution in [3.8, 4) is 5.75 Å². The van der Waals surface area contributed by atoms with Gasteiger partial charge in [-0.3, -0.25) is 14.9 Å². The minimum atomic E-state index is -0.582. The van der Waals surface area contributed by atoms with E-state index in [4.69, 9.17) is 9.47 Å². The van der Waals surface area contributed by atoms with Crippen LogP contribution in [0.15, 0.2) is 18.2 Å². The SMILES string of the molecule is COc1ccc(C(=O)NC2CCOCC2)c([N+](=O)[O-])c1. The number of rotatable bonds is 4. The van der Waals surface area contributed by atoms with E-state index in [1.165, 1.54) is 25.3 Å². The highest BCUT2D eigenvalue weighted by molar-refractivity contribution is 5.98. The van der Waals surface area contributed by atoms with Crippen molar-refractivity contribution in [1.82, 2.24) is 5.32 Å². The van der Waals surface area contributed by atoms with Crippen molar-refractivity contribution in [3.63, 3.8) is 0 Å². The molecule has 0 radical (unpaired) electrons. The molecule has 20 heavy (non-hydrogen) atoms. The first-order valence-electron chi connectivity index (χ1n) is 6.33. The number of carbonyl (C=O) groups excluding carboxylic acids is 1. The summed E-state index contributed by atoms with van der Waals surface area (Å²) in [4.78, 5) is 22.6. The number of nitro benzene ring substituents is 1. The maximum atomic E-state index is 12.1. The summed E-state index contributed by atoms with van der Waals surface area (Å²) in [6, 6.07) is 4.19. The zero-order chi connectivity index (χ0) is 14.5. The van der Waals surface area contributed by atoms with E-state index in [0.29, 0.717) is 19.0 Å². The molecule has 1 N–H and O–H groups in total. The number of carbonyl (C=O) groups is 1. The number of methoxy groups -OCH3 is 1. The van der Waals surface area contributed by atoms with E-state index < -0.39 is 10.8 Å². The third-order valence-corrected chi connectivity index (χ3v) is 3.20. The maximum absolute atomic E-state index is 12.1. The molecule has 0 aromatic heterocycles. The first-order valence-corrected chi connectivity index (χ1v) is 6.33. The van der Waals surface area contributed by atoms with Gasteiger partial charge in [0.25, 0.3) is 11.6 Å². The minimum Gasteiger partial charge on any atom is -0.497 e. The molecule has 0 saturated carbocycles. The van der Waals surface area contributed by atoms with Crippen molar-refractivity contribution < 1.29 is 19.2 Å². The van der Waals surface area contributed by atoms with E-state index in [1.54, 1.807) is 0 Å². The molecule has 0 unspecified atom stereocenters. The second-order valence-electron chi connectivity index (χ2n) is 4.50. The molecule has 0 bridgehead atoms. The van der Waals surface area contributed by atoms with Gasteiger partial charge in [0.2, 0.25) is 0 Å². The monoisotopic (exact) mass is 280 g/mol. The van der Waals surface area contributed by atoms with Crippen LogP contribution in [0, 0.1) is 10.1 Å². The molecule has 2 rings (SSSR count). The first kappa shape index (κ1) is 14.3. The lowest BCUT2D eigenvalue weighted by atomic mass is 10.1. The third-order valence-electron chi connectivity index (χ3n) is 3.20. The number of nitrogens with one attached hydrogen (secondary N) is 1. The first-order chi connectivity index (χ1) is 9.61. The fourth-order valence-electron chi connectivity index (χ4n) is 2.09. The molecule has 1 fully saturated rings. The van der Waals surface area contributed by atoms with Crippen LogP contribution < -0.4 is 10.1 Å². The van der Waals surface area contributed by atoms with Gasteiger partial charge >= 0.3 is 0 Å². The molecule has 0 aliphatic carbocycles. The smallest absolute Gasteiger partial charge is 0.285 e. The molecule has 7 heteroatoms. The molecular weight excluding hydrogens is 264 g/mol. The Morgan fingerprint density at radius 2 is 2.15 bits per heavy atom. The van der Waals surface area contributed by atoms with Crippen molar-refractivity contribution in [2.75, 3.05) is 20.3 Å². The van der Waals surface area contributed by atoms with E-state index in [9.17, 15) is 14.9 Å². The second-order valence-corrected chi connectivity index (χ2v) is 4.50. The van der Waals surface area contributed by atoms with Gasteiger partial charge in [-0.2, -0.15) is 0 Å². The zero-order valence-corrected chi connectivity index (χ0v) is 11.1. The molecule has 1 saturated heterocycles. The predicted molar refractivity (Wildman–Crippen MR) is 71.0 cm³/mol. The van der Waals surface area contributed by atoms with Crippen molar-refractivity contribution in [2.24, 2.45) is 0 Å². The molecule has 1 aromatic rings. The van der Waals surface area contributed by atoms with E-state index >= 15 is 0 Å². The van der Waals surface area contributed by atoms with Crippen LogP contribution in [0.1, 0.15) is 23.2 Å². The van der Waals surface area contributed by atoms with Crippen molar-refractivity contribution in [3.05, 3.63) is 33.9 Å². The van der Waals surface area contributed by atoms with Gasteiger partial charge in [0.05, 0.1) is 18.1 Å². The molecule has 1 aliphatic rings. The summed E-state index contributed by atoms with van der Waals surface area (Å²) in [6.07, 6.45) is 1.44. The van der Waals surface area contributed by atoms with Crippen molar-refractivity contribution in [2.45, 2.75) is 18.9 Å². The van der Waals surface area contributed by atoms with Gasteiger partial charge in [0, 0.05) is 19.3 Å². The van der Waals surface area contributed by atoms with E-state index in [-0.39, 0.29) is 17.3 Å². The predicted octanol–water partition coefficient (Wildman–Crippen LogP) is 1.51. The number of hydrogen-bond acceptors (Lipinski definition) is 5. The summed E-state index contributed by atoms with van der Waals surface area (Å²) in [7, 11) is 1.42. The molecule has 7 nitrogen and oxygen atoms in total. The molecule has 1 aliphatic heterocycles. The Morgan fingerprint density at radius 3 is 2.75 bits per heavy atom. The van der Waals surface area contributed by atoms with Gasteiger partial charge in [-0.25, -0.2) is 0 Å². The largest absolute Gasteiger partial charge is 0.497 e. The number of hydrogen-bond donors (Lipinski definition) is 1. The lowest BCUT2D eigenvalue weighted by Gasteiger charge is -2.23. The molecular formula is C13H16N2O5. The fraction of sp³-hybridized carbons (Fsp3) is 0.462. The number of nitrogens with zero attached hydrogens (tertiary/aromatic N) is 1. The average Bonchev–Trinajstić information content (AvgIpc) is 2.47. The molecule has 0 atom stereocenters. The van der Waals surface area contributed by atoms with Crippen molar-refractivity contribution >= 4 is 11.6 Å². The number of amides is 1. The Kier molecular flexibility index (Phi) is 4.52. The second kappa shape index (κ2) is 6.33. The summed E-state index contributed by atoms with van der Waals surface area (Å²) in [5.41, 5.74) is -0.212. The summed E-state index contributed by atoms with van der Waals surface area (Å²) in [5.74, 6) is -0.0921. The quantitative estimate of drug-likeness (QED) is 0.667. The van der Waals surface area contributed by atoms with Crippen LogP contribution in [0.4, 0.5) is 5.69 Å². The highest BCUT2D eigenvalue weighted by Crippen LogP contribution is 2.24. The number of ether oxygens (including phenoxy) is 2. The molecule has 108 valence electrons. The fourth-order valence-corrected chi connectivity index (χ4v) is 2.09. The van der Waals surface area contributed by atoms with Crippen LogP contribution in [0.2, 0.25) is 0 Å². The normalized spacial score (nSPS) is 15.7. The Morgan fingerprint density at radius 1 is 1.45 bits per heavy atom. The highest BCUT2D eigenvalue weighted by atomic mass is 16.6. The molecule has 0 spiro atoms. The van der Waals surface area contributed by atoms with Crippen LogP contribution in [0.25, 0.3) is 0 Å². The Hall–Kier alpha value is -2.15. The van der Waals surface area contributed by atoms with Crippen LogP contribution >= 0.6 is 0 Å². The zero-order valence-electron chi connectivity index (χ0n) is 11.1. The summed E-state index contributed by atoms with van der Waals surface area (Å²) >= 11 is 0. The van der Waals surface area contributed by atoms with Crippen LogP contribution in [-0.2, 0) is 4.74 Å². The van der Waals surface area contributed by atoms with Gasteiger partial charge < -0.3 is 14.8 Å². The Balaban J connectivity index is 2.17. The van der Waals surface area contributed by atoms with Crippen LogP contribution in [0.5, 0.6) is 5.75 Å². The van der Waals surface area contributed by atoms with Gasteiger partial charge in [0.1, 0.15) is 11.3 Å². The van der Waals surface area contributed by atoms with E-state index in [2.05, 4.69) is 5.32 Å².